The van der Waals surface area contributed by atoms with Crippen molar-refractivity contribution in [3.63, 3.8) is 0 Å². The van der Waals surface area contributed by atoms with Crippen LogP contribution in [0.4, 0.5) is 10.5 Å². The Kier molecular flexibility index (Phi) is 4.29. The quantitative estimate of drug-likeness (QED) is 0.820. The van der Waals surface area contributed by atoms with Crippen molar-refractivity contribution >= 4 is 46.5 Å². The predicted molar refractivity (Wildman–Crippen MR) is 92.0 cm³/mol. The molecule has 3 rings (SSSR count). The summed E-state index contributed by atoms with van der Waals surface area (Å²) >= 11 is 7.16. The molecule has 1 aromatic heterocycles. The van der Waals surface area contributed by atoms with E-state index in [1.807, 2.05) is 5.38 Å². The summed E-state index contributed by atoms with van der Waals surface area (Å²) in [7, 11) is 0. The number of carbonyl (C=O) groups excluding carboxylic acids is 3. The third-order valence-corrected chi connectivity index (χ3v) is 5.06. The minimum atomic E-state index is -1.13. The summed E-state index contributed by atoms with van der Waals surface area (Å²) in [4.78, 5) is 38.5. The fraction of sp³-hybridized carbons (Fsp3) is 0.188. The van der Waals surface area contributed by atoms with E-state index in [0.29, 0.717) is 10.7 Å². The maximum Gasteiger partial charge on any atom is 0.325 e. The summed E-state index contributed by atoms with van der Waals surface area (Å²) in [5.74, 6) is -0.905. The van der Waals surface area contributed by atoms with Crippen molar-refractivity contribution in [3.05, 3.63) is 51.7 Å². The maximum atomic E-state index is 12.6. The minimum absolute atomic E-state index is 0.353. The van der Waals surface area contributed by atoms with Crippen molar-refractivity contribution in [2.45, 2.75) is 12.5 Å². The Bertz CT molecular complexity index is 791. The van der Waals surface area contributed by atoms with Gasteiger partial charge in [-0.3, -0.25) is 14.5 Å². The van der Waals surface area contributed by atoms with Crippen LogP contribution in [0, 0.1) is 0 Å². The first-order chi connectivity index (χ1) is 11.4. The molecule has 2 heterocycles. The fourth-order valence-electron chi connectivity index (χ4n) is 2.45. The highest BCUT2D eigenvalue weighted by Gasteiger charge is 2.50. The zero-order valence-corrected chi connectivity index (χ0v) is 14.3. The van der Waals surface area contributed by atoms with Crippen molar-refractivity contribution in [2.24, 2.45) is 0 Å². The fourth-order valence-corrected chi connectivity index (χ4v) is 3.41. The van der Waals surface area contributed by atoms with Crippen molar-refractivity contribution < 1.29 is 14.4 Å². The largest absolute Gasteiger partial charge is 0.325 e. The van der Waals surface area contributed by atoms with E-state index in [0.717, 1.165) is 9.78 Å². The highest BCUT2D eigenvalue weighted by Crippen LogP contribution is 2.31. The maximum absolute atomic E-state index is 12.6. The van der Waals surface area contributed by atoms with Crippen molar-refractivity contribution in [3.8, 4) is 0 Å². The van der Waals surface area contributed by atoms with Crippen LogP contribution in [0.3, 0.4) is 0 Å². The lowest BCUT2D eigenvalue weighted by Gasteiger charge is -2.19. The molecule has 8 heteroatoms. The number of imide groups is 1. The molecule has 4 amide bonds. The highest BCUT2D eigenvalue weighted by atomic mass is 35.5. The molecule has 0 bridgehead atoms. The number of thiophene rings is 1. The molecular formula is C16H14ClN3O3S. The van der Waals surface area contributed by atoms with Gasteiger partial charge in [0.2, 0.25) is 5.91 Å². The molecule has 0 unspecified atom stereocenters. The molecule has 1 aliphatic heterocycles. The average molecular weight is 364 g/mol. The lowest BCUT2D eigenvalue weighted by atomic mass is 10.0. The Hall–Kier alpha value is -2.38. The third kappa shape index (κ3) is 3.00. The standard InChI is InChI=1S/C16H14ClN3O3S/c1-16(12-3-2-8-24-12)14(22)20(15(23)19-16)9-13(21)18-11-6-4-10(17)5-7-11/h2-8H,9H2,1H3,(H,18,21)(H,19,23)/t16-/m0/s1. The molecule has 2 aromatic rings. The summed E-state index contributed by atoms with van der Waals surface area (Å²) < 4.78 is 0. The Morgan fingerprint density at radius 2 is 2.00 bits per heavy atom. The van der Waals surface area contributed by atoms with E-state index >= 15 is 0 Å². The van der Waals surface area contributed by atoms with Crippen LogP contribution >= 0.6 is 22.9 Å². The van der Waals surface area contributed by atoms with E-state index in [-0.39, 0.29) is 6.54 Å². The number of amides is 4. The van der Waals surface area contributed by atoms with Gasteiger partial charge < -0.3 is 10.6 Å². The Morgan fingerprint density at radius 1 is 1.29 bits per heavy atom. The van der Waals surface area contributed by atoms with E-state index in [2.05, 4.69) is 10.6 Å². The SMILES string of the molecule is C[C@@]1(c2cccs2)NC(=O)N(CC(=O)Nc2ccc(Cl)cc2)C1=O. The number of hydrogen-bond acceptors (Lipinski definition) is 4. The molecule has 0 spiro atoms. The zero-order chi connectivity index (χ0) is 17.3. The Labute approximate surface area is 147 Å². The molecule has 0 saturated carbocycles. The third-order valence-electron chi connectivity index (χ3n) is 3.72. The second kappa shape index (κ2) is 6.26. The van der Waals surface area contributed by atoms with Gasteiger partial charge in [0.15, 0.2) is 5.54 Å². The number of hydrogen-bond donors (Lipinski definition) is 2. The van der Waals surface area contributed by atoms with Gasteiger partial charge in [0.1, 0.15) is 6.54 Å². The molecular weight excluding hydrogens is 350 g/mol. The Morgan fingerprint density at radius 3 is 2.62 bits per heavy atom. The first-order valence-electron chi connectivity index (χ1n) is 7.13. The van der Waals surface area contributed by atoms with Crippen LogP contribution in [-0.2, 0) is 15.1 Å². The van der Waals surface area contributed by atoms with Crippen molar-refractivity contribution in [1.82, 2.24) is 10.2 Å². The van der Waals surface area contributed by atoms with Crippen molar-refractivity contribution in [1.29, 1.82) is 0 Å². The van der Waals surface area contributed by atoms with Crippen LogP contribution in [0.15, 0.2) is 41.8 Å². The summed E-state index contributed by atoms with van der Waals surface area (Å²) in [6.07, 6.45) is 0. The lowest BCUT2D eigenvalue weighted by molar-refractivity contribution is -0.133. The topological polar surface area (TPSA) is 78.5 Å². The highest BCUT2D eigenvalue weighted by molar-refractivity contribution is 7.10. The van der Waals surface area contributed by atoms with Crippen LogP contribution in [0.1, 0.15) is 11.8 Å². The zero-order valence-electron chi connectivity index (χ0n) is 12.7. The molecule has 6 nitrogen and oxygen atoms in total. The second-order valence-corrected chi connectivity index (χ2v) is 6.86. The minimum Gasteiger partial charge on any atom is -0.325 e. The number of nitrogens with zero attached hydrogens (tertiary/aromatic N) is 1. The molecule has 1 saturated heterocycles. The van der Waals surface area contributed by atoms with Gasteiger partial charge in [-0.15, -0.1) is 11.3 Å². The van der Waals surface area contributed by atoms with E-state index in [4.69, 9.17) is 11.6 Å². The van der Waals surface area contributed by atoms with Gasteiger partial charge in [-0.2, -0.15) is 0 Å². The molecule has 1 aliphatic rings. The number of anilines is 1. The van der Waals surface area contributed by atoms with Crippen LogP contribution < -0.4 is 10.6 Å². The second-order valence-electron chi connectivity index (χ2n) is 5.48. The number of urea groups is 1. The number of rotatable bonds is 4. The number of nitrogens with one attached hydrogen (secondary N) is 2. The number of benzene rings is 1. The van der Waals surface area contributed by atoms with Gasteiger partial charge >= 0.3 is 6.03 Å². The van der Waals surface area contributed by atoms with E-state index in [1.54, 1.807) is 43.3 Å². The average Bonchev–Trinajstić information content (AvgIpc) is 3.14. The molecule has 0 aliphatic carbocycles. The summed E-state index contributed by atoms with van der Waals surface area (Å²) in [5.41, 5.74) is -0.594. The molecule has 124 valence electrons. The van der Waals surface area contributed by atoms with E-state index in [9.17, 15) is 14.4 Å². The molecule has 1 atom stereocenters. The first-order valence-corrected chi connectivity index (χ1v) is 8.39. The van der Waals surface area contributed by atoms with Crippen LogP contribution in [0.5, 0.6) is 0 Å². The molecule has 0 radical (unpaired) electrons. The predicted octanol–water partition coefficient (Wildman–Crippen LogP) is 2.81. The van der Waals surface area contributed by atoms with Crippen molar-refractivity contribution in [2.75, 3.05) is 11.9 Å². The van der Waals surface area contributed by atoms with Crippen LogP contribution in [0.25, 0.3) is 0 Å². The van der Waals surface area contributed by atoms with E-state index in [1.165, 1.54) is 11.3 Å². The monoisotopic (exact) mass is 363 g/mol. The van der Waals surface area contributed by atoms with Gasteiger partial charge in [-0.05, 0) is 42.6 Å². The first kappa shape index (κ1) is 16.5. The number of carbonyl (C=O) groups is 3. The summed E-state index contributed by atoms with van der Waals surface area (Å²) in [6, 6.07) is 9.56. The van der Waals surface area contributed by atoms with Gasteiger partial charge in [0.25, 0.3) is 5.91 Å². The summed E-state index contributed by atoms with van der Waals surface area (Å²) in [6.45, 7) is 1.28. The molecule has 24 heavy (non-hydrogen) atoms. The molecule has 2 N–H and O–H groups in total. The molecule has 1 aromatic carbocycles. The van der Waals surface area contributed by atoms with Crippen LogP contribution in [0.2, 0.25) is 5.02 Å². The lowest BCUT2D eigenvalue weighted by Crippen LogP contribution is -2.41. The number of halogens is 1. The van der Waals surface area contributed by atoms with Gasteiger partial charge in [-0.1, -0.05) is 17.7 Å². The Balaban J connectivity index is 1.71. The van der Waals surface area contributed by atoms with Crippen LogP contribution in [-0.4, -0.2) is 29.3 Å². The van der Waals surface area contributed by atoms with Gasteiger partial charge in [0, 0.05) is 15.6 Å². The smallest absolute Gasteiger partial charge is 0.325 e. The normalized spacial score (nSPS) is 20.2. The van der Waals surface area contributed by atoms with Gasteiger partial charge in [0.05, 0.1) is 0 Å². The van der Waals surface area contributed by atoms with E-state index < -0.39 is 23.4 Å². The molecule has 1 fully saturated rings. The summed E-state index contributed by atoms with van der Waals surface area (Å²) in [5, 5.41) is 7.67. The van der Waals surface area contributed by atoms with Gasteiger partial charge in [-0.25, -0.2) is 4.79 Å².